The zero-order valence-electron chi connectivity index (χ0n) is 14.3. The first kappa shape index (κ1) is 20.8. The van der Waals surface area contributed by atoms with Crippen molar-refractivity contribution >= 4 is 11.3 Å². The van der Waals surface area contributed by atoms with Crippen LogP contribution in [0.1, 0.15) is 52.3 Å². The lowest BCUT2D eigenvalue weighted by molar-refractivity contribution is 0.00856. The van der Waals surface area contributed by atoms with Crippen LogP contribution in [0.5, 0.6) is 0 Å². The summed E-state index contributed by atoms with van der Waals surface area (Å²) < 4.78 is 7.49. The first-order valence-electron chi connectivity index (χ1n) is 7.90. The van der Waals surface area contributed by atoms with Crippen molar-refractivity contribution in [1.82, 2.24) is 14.6 Å². The molecule has 0 aliphatic carbocycles. The van der Waals surface area contributed by atoms with Crippen molar-refractivity contribution < 1.29 is 9.84 Å². The van der Waals surface area contributed by atoms with Crippen molar-refractivity contribution in [2.45, 2.75) is 52.7 Å². The van der Waals surface area contributed by atoms with E-state index in [-0.39, 0.29) is 18.8 Å². The summed E-state index contributed by atoms with van der Waals surface area (Å²) in [5.41, 5.74) is 7.52. The summed E-state index contributed by atoms with van der Waals surface area (Å²) in [6.45, 7) is 11.6. The molecule has 7 heteroatoms. The van der Waals surface area contributed by atoms with Crippen molar-refractivity contribution in [2.24, 2.45) is 0 Å². The van der Waals surface area contributed by atoms with Crippen LogP contribution in [0.25, 0.3) is 5.52 Å². The highest BCUT2D eigenvalue weighted by Crippen LogP contribution is 2.33. The summed E-state index contributed by atoms with van der Waals surface area (Å²) >= 11 is 0. The Hall–Kier alpha value is -2.17. The number of nitriles is 1. The van der Waals surface area contributed by atoms with Crippen LogP contribution >= 0.6 is 0 Å². The Balaban J connectivity index is 0.000000728. The average Bonchev–Trinajstić information content (AvgIpc) is 3.27. The summed E-state index contributed by atoms with van der Waals surface area (Å²) in [5, 5.41) is 19.7. The number of anilines is 1. The molecule has 0 radical (unpaired) electrons. The number of hydrogen-bond donors (Lipinski definition) is 2. The molecule has 3 rings (SSSR count). The van der Waals surface area contributed by atoms with Gasteiger partial charge in [-0.05, 0) is 25.0 Å². The molecule has 0 spiro atoms. The summed E-state index contributed by atoms with van der Waals surface area (Å²) in [6, 6.07) is 3.84. The van der Waals surface area contributed by atoms with Crippen LogP contribution in [-0.2, 0) is 4.74 Å². The molecule has 0 amide bonds. The summed E-state index contributed by atoms with van der Waals surface area (Å²) in [7, 11) is 0. The van der Waals surface area contributed by atoms with E-state index in [0.717, 1.165) is 24.1 Å². The lowest BCUT2D eigenvalue weighted by atomic mass is 10.1. The molecule has 3 heterocycles. The number of nitrogens with zero attached hydrogens (tertiary/aromatic N) is 4. The van der Waals surface area contributed by atoms with Gasteiger partial charge in [0.2, 0.25) is 0 Å². The van der Waals surface area contributed by atoms with Gasteiger partial charge in [-0.1, -0.05) is 27.7 Å². The second-order valence-electron chi connectivity index (χ2n) is 4.21. The van der Waals surface area contributed by atoms with Crippen molar-refractivity contribution in [3.8, 4) is 6.57 Å². The third kappa shape index (κ3) is 4.91. The second kappa shape index (κ2) is 11.4. The molecule has 1 saturated heterocycles. The second-order valence-corrected chi connectivity index (χ2v) is 4.21. The van der Waals surface area contributed by atoms with Gasteiger partial charge in [0, 0.05) is 6.57 Å². The molecule has 7 nitrogen and oxygen atoms in total. The van der Waals surface area contributed by atoms with Gasteiger partial charge in [-0.15, -0.1) is 0 Å². The predicted molar refractivity (Wildman–Crippen MR) is 90.7 cm³/mol. The van der Waals surface area contributed by atoms with Crippen LogP contribution in [0.15, 0.2) is 18.5 Å². The number of hydrogen-bond acceptors (Lipinski definition) is 6. The minimum absolute atomic E-state index is 0.0241. The Labute approximate surface area is 137 Å². The third-order valence-electron chi connectivity index (χ3n) is 3.15. The van der Waals surface area contributed by atoms with Gasteiger partial charge < -0.3 is 15.6 Å². The highest BCUT2D eigenvalue weighted by molar-refractivity contribution is 5.65. The van der Waals surface area contributed by atoms with E-state index < -0.39 is 0 Å². The van der Waals surface area contributed by atoms with E-state index in [1.54, 1.807) is 4.52 Å². The van der Waals surface area contributed by atoms with Crippen LogP contribution in [-0.4, -0.2) is 32.4 Å². The molecular formula is C16H27N5O2. The fraction of sp³-hybridized carbons (Fsp3) is 0.562. The van der Waals surface area contributed by atoms with E-state index >= 15 is 0 Å². The molecule has 1 fully saturated rings. The molecule has 23 heavy (non-hydrogen) atoms. The van der Waals surface area contributed by atoms with Crippen molar-refractivity contribution in [3.05, 3.63) is 24.2 Å². The number of nitrogens with two attached hydrogens (primary N) is 1. The molecular weight excluding hydrogens is 294 g/mol. The topological polar surface area (TPSA) is 109 Å². The number of rotatable bonds is 2. The molecule has 128 valence electrons. The fourth-order valence-corrected chi connectivity index (χ4v) is 2.27. The van der Waals surface area contributed by atoms with Gasteiger partial charge in [0.05, 0.1) is 18.4 Å². The van der Waals surface area contributed by atoms with Crippen LogP contribution in [0.2, 0.25) is 0 Å². The predicted octanol–water partition coefficient (Wildman–Crippen LogP) is 2.72. The van der Waals surface area contributed by atoms with Gasteiger partial charge >= 0.3 is 0 Å². The van der Waals surface area contributed by atoms with Crippen LogP contribution in [0.4, 0.5) is 5.82 Å². The number of aliphatic hydroxyl groups is 1. The van der Waals surface area contributed by atoms with E-state index in [1.807, 2.05) is 39.8 Å². The lowest BCUT2D eigenvalue weighted by Crippen LogP contribution is -2.12. The highest BCUT2D eigenvalue weighted by atomic mass is 16.5. The molecule has 2 unspecified atom stereocenters. The van der Waals surface area contributed by atoms with Crippen LogP contribution in [0.3, 0.4) is 0 Å². The maximum atomic E-state index is 9.06. The monoisotopic (exact) mass is 321 g/mol. The van der Waals surface area contributed by atoms with Gasteiger partial charge in [-0.25, -0.2) is 14.8 Å². The number of nitrogen functional groups attached to an aromatic ring is 1. The van der Waals surface area contributed by atoms with E-state index in [0.29, 0.717) is 5.82 Å². The van der Waals surface area contributed by atoms with E-state index in [9.17, 15) is 0 Å². The van der Waals surface area contributed by atoms with E-state index in [2.05, 4.69) is 16.7 Å². The normalized spacial score (nSPS) is 18.7. The minimum atomic E-state index is -0.0651. The van der Waals surface area contributed by atoms with Crippen molar-refractivity contribution in [2.75, 3.05) is 12.3 Å². The Kier molecular flexibility index (Phi) is 10.3. The Bertz CT molecular complexity index is 582. The van der Waals surface area contributed by atoms with Crippen molar-refractivity contribution in [3.63, 3.8) is 0 Å². The van der Waals surface area contributed by atoms with Gasteiger partial charge in [-0.3, -0.25) is 0 Å². The van der Waals surface area contributed by atoms with Gasteiger partial charge in [0.15, 0.2) is 5.82 Å². The lowest BCUT2D eigenvalue weighted by Gasteiger charge is -2.11. The first-order valence-corrected chi connectivity index (χ1v) is 7.90. The zero-order valence-corrected chi connectivity index (χ0v) is 14.3. The quantitative estimate of drug-likeness (QED) is 0.880. The molecule has 2 aromatic rings. The number of ether oxygens (including phenoxy) is 1. The fourth-order valence-electron chi connectivity index (χ4n) is 2.27. The summed E-state index contributed by atoms with van der Waals surface area (Å²) in [6.07, 6.45) is 3.11. The molecule has 1 aliphatic heterocycles. The SMILES string of the molecule is C#N.CC.CC.Nc1ncnn2c(C3CCC(CO)O3)ccc12. The Morgan fingerprint density at radius 1 is 1.30 bits per heavy atom. The molecule has 0 bridgehead atoms. The average molecular weight is 321 g/mol. The number of aliphatic hydroxyl groups excluding tert-OH is 1. The third-order valence-corrected chi connectivity index (χ3v) is 3.15. The van der Waals surface area contributed by atoms with E-state index in [1.165, 1.54) is 6.33 Å². The van der Waals surface area contributed by atoms with Gasteiger partial charge in [-0.2, -0.15) is 5.10 Å². The number of aromatic nitrogens is 3. The molecule has 2 aromatic heterocycles. The van der Waals surface area contributed by atoms with Gasteiger partial charge in [0.25, 0.3) is 0 Å². The van der Waals surface area contributed by atoms with E-state index in [4.69, 9.17) is 20.8 Å². The summed E-state index contributed by atoms with van der Waals surface area (Å²) in [5.74, 6) is 0.461. The maximum absolute atomic E-state index is 9.06. The Morgan fingerprint density at radius 3 is 2.52 bits per heavy atom. The van der Waals surface area contributed by atoms with Gasteiger partial charge in [0.1, 0.15) is 17.9 Å². The number of fused-ring (bicyclic) bond motifs is 1. The molecule has 2 atom stereocenters. The minimum Gasteiger partial charge on any atom is -0.394 e. The standard InChI is InChI=1S/C11H14N4O2.2C2H6.CHN/c12-11-9-3-2-8(15(9)14-6-13-11)10-4-1-7(5-16)17-10;3*1-2/h2-3,6-7,10,16H,1,4-5H2,(H2,12,13,14);2*1-2H3;1H. The largest absolute Gasteiger partial charge is 0.394 e. The van der Waals surface area contributed by atoms with Crippen LogP contribution < -0.4 is 5.73 Å². The van der Waals surface area contributed by atoms with Crippen molar-refractivity contribution in [1.29, 1.82) is 5.26 Å². The molecule has 3 N–H and O–H groups in total. The van der Waals surface area contributed by atoms with Crippen LogP contribution in [0, 0.1) is 11.8 Å². The maximum Gasteiger partial charge on any atom is 0.151 e. The Morgan fingerprint density at radius 2 is 1.96 bits per heavy atom. The zero-order chi connectivity index (χ0) is 17.8. The first-order chi connectivity index (χ1) is 11.3. The molecule has 0 aromatic carbocycles. The highest BCUT2D eigenvalue weighted by Gasteiger charge is 2.28. The summed E-state index contributed by atoms with van der Waals surface area (Å²) in [4.78, 5) is 3.94. The smallest absolute Gasteiger partial charge is 0.151 e. The molecule has 0 saturated carbocycles. The molecule has 1 aliphatic rings.